The SMILES string of the molecule is O=C(c1ccccc1)C(CF)OS(=O)(=O)C(F)(F)F. The van der Waals surface area contributed by atoms with Crippen molar-refractivity contribution in [1.29, 1.82) is 0 Å². The van der Waals surface area contributed by atoms with Gasteiger partial charge in [0.25, 0.3) is 0 Å². The van der Waals surface area contributed by atoms with Crippen molar-refractivity contribution in [3.05, 3.63) is 35.9 Å². The third kappa shape index (κ3) is 3.74. The highest BCUT2D eigenvalue weighted by Crippen LogP contribution is 2.26. The summed E-state index contributed by atoms with van der Waals surface area (Å²) in [5.74, 6) is -1.18. The molecule has 0 spiro atoms. The molecule has 0 saturated carbocycles. The van der Waals surface area contributed by atoms with Crippen molar-refractivity contribution < 1.29 is 35.0 Å². The van der Waals surface area contributed by atoms with E-state index in [4.69, 9.17) is 0 Å². The lowest BCUT2D eigenvalue weighted by Gasteiger charge is -2.14. The number of alkyl halides is 4. The summed E-state index contributed by atoms with van der Waals surface area (Å²) < 4.78 is 73.7. The molecule has 1 rings (SSSR count). The van der Waals surface area contributed by atoms with Crippen molar-refractivity contribution in [3.8, 4) is 0 Å². The second-order valence-corrected chi connectivity index (χ2v) is 4.93. The van der Waals surface area contributed by atoms with Crippen LogP contribution >= 0.6 is 0 Å². The van der Waals surface area contributed by atoms with Crippen LogP contribution in [0, 0.1) is 0 Å². The van der Waals surface area contributed by atoms with Gasteiger partial charge in [0.1, 0.15) is 6.67 Å². The molecule has 0 amide bonds. The first-order valence-electron chi connectivity index (χ1n) is 4.84. The van der Waals surface area contributed by atoms with Gasteiger partial charge in [0.05, 0.1) is 0 Å². The molecule has 0 aliphatic rings. The molecular formula is C10H8F4O4S. The van der Waals surface area contributed by atoms with Crippen LogP contribution < -0.4 is 0 Å². The van der Waals surface area contributed by atoms with Crippen LogP contribution in [0.3, 0.4) is 0 Å². The third-order valence-electron chi connectivity index (χ3n) is 2.02. The monoisotopic (exact) mass is 300 g/mol. The van der Waals surface area contributed by atoms with E-state index in [-0.39, 0.29) is 5.56 Å². The average Bonchev–Trinajstić information content (AvgIpc) is 2.35. The number of carbonyl (C=O) groups is 1. The Hall–Kier alpha value is -1.48. The summed E-state index contributed by atoms with van der Waals surface area (Å²) in [5.41, 5.74) is -5.86. The minimum absolute atomic E-state index is 0.150. The normalized spacial score (nSPS) is 14.1. The number of hydrogen-bond donors (Lipinski definition) is 0. The van der Waals surface area contributed by atoms with Crippen LogP contribution in [0.5, 0.6) is 0 Å². The Morgan fingerprint density at radius 2 is 1.74 bits per heavy atom. The van der Waals surface area contributed by atoms with Crippen molar-refractivity contribution in [1.82, 2.24) is 0 Å². The van der Waals surface area contributed by atoms with Crippen molar-refractivity contribution >= 4 is 15.9 Å². The summed E-state index contributed by atoms with van der Waals surface area (Å²) in [5, 5.41) is 0. The van der Waals surface area contributed by atoms with Crippen LogP contribution in [0.1, 0.15) is 10.4 Å². The molecule has 19 heavy (non-hydrogen) atoms. The number of ketones is 1. The van der Waals surface area contributed by atoms with Gasteiger partial charge in [-0.1, -0.05) is 30.3 Å². The summed E-state index contributed by atoms with van der Waals surface area (Å²) in [6.45, 7) is -1.69. The number of benzene rings is 1. The molecule has 1 aromatic rings. The van der Waals surface area contributed by atoms with Crippen molar-refractivity contribution in [2.24, 2.45) is 0 Å². The number of Topliss-reactive ketones (excluding diaryl/α,β-unsaturated/α-hetero) is 1. The first-order chi connectivity index (χ1) is 8.69. The fourth-order valence-corrected chi connectivity index (χ4v) is 1.69. The smallest absolute Gasteiger partial charge is 0.291 e. The maximum atomic E-state index is 12.5. The lowest BCUT2D eigenvalue weighted by atomic mass is 10.1. The topological polar surface area (TPSA) is 60.4 Å². The van der Waals surface area contributed by atoms with Crippen molar-refractivity contribution in [2.45, 2.75) is 11.6 Å². The first-order valence-corrected chi connectivity index (χ1v) is 6.24. The average molecular weight is 300 g/mol. The van der Waals surface area contributed by atoms with E-state index in [1.54, 1.807) is 0 Å². The molecular weight excluding hydrogens is 292 g/mol. The lowest BCUT2D eigenvalue weighted by Crippen LogP contribution is -2.35. The summed E-state index contributed by atoms with van der Waals surface area (Å²) in [6.07, 6.45) is -2.35. The Balaban J connectivity index is 2.95. The molecule has 0 bridgehead atoms. The standard InChI is InChI=1S/C10H8F4O4S/c11-6-8(18-19(16,17)10(12,13)14)9(15)7-4-2-1-3-5-7/h1-5,8H,6H2. The molecule has 0 aliphatic heterocycles. The number of rotatable bonds is 5. The van der Waals surface area contributed by atoms with Gasteiger partial charge in [0.15, 0.2) is 11.9 Å². The summed E-state index contributed by atoms with van der Waals surface area (Å²) in [4.78, 5) is 11.6. The molecule has 0 aromatic heterocycles. The Morgan fingerprint density at radius 3 is 2.16 bits per heavy atom. The van der Waals surface area contributed by atoms with E-state index in [0.29, 0.717) is 0 Å². The molecule has 0 saturated heterocycles. The third-order valence-corrected chi connectivity index (χ3v) is 3.07. The Kier molecular flexibility index (Phi) is 4.64. The molecule has 106 valence electrons. The zero-order valence-electron chi connectivity index (χ0n) is 9.22. The van der Waals surface area contributed by atoms with Gasteiger partial charge in [0, 0.05) is 5.56 Å². The van der Waals surface area contributed by atoms with E-state index in [0.717, 1.165) is 0 Å². The first kappa shape index (κ1) is 15.6. The maximum Gasteiger partial charge on any atom is 0.523 e. The summed E-state index contributed by atoms with van der Waals surface area (Å²) in [7, 11) is -6.02. The molecule has 1 aromatic carbocycles. The number of halogens is 4. The van der Waals surface area contributed by atoms with Gasteiger partial charge in [-0.3, -0.25) is 4.79 Å². The van der Waals surface area contributed by atoms with E-state index < -0.39 is 34.2 Å². The Morgan fingerprint density at radius 1 is 1.21 bits per heavy atom. The quantitative estimate of drug-likeness (QED) is 0.361. The molecule has 0 N–H and O–H groups in total. The fraction of sp³-hybridized carbons (Fsp3) is 0.300. The molecule has 1 atom stereocenters. The van der Waals surface area contributed by atoms with Gasteiger partial charge in [0.2, 0.25) is 0 Å². The number of carbonyl (C=O) groups excluding carboxylic acids is 1. The molecule has 0 aliphatic carbocycles. The molecule has 4 nitrogen and oxygen atoms in total. The lowest BCUT2D eigenvalue weighted by molar-refractivity contribution is -0.0567. The highest BCUT2D eigenvalue weighted by Gasteiger charge is 2.49. The largest absolute Gasteiger partial charge is 0.523 e. The molecule has 0 heterocycles. The summed E-state index contributed by atoms with van der Waals surface area (Å²) >= 11 is 0. The second-order valence-electron chi connectivity index (χ2n) is 3.37. The minimum atomic E-state index is -6.02. The predicted octanol–water partition coefficient (Wildman–Crippen LogP) is 2.07. The van der Waals surface area contributed by atoms with Crippen LogP contribution in [0.4, 0.5) is 17.6 Å². The van der Waals surface area contributed by atoms with E-state index in [1.807, 2.05) is 0 Å². The van der Waals surface area contributed by atoms with Gasteiger partial charge >= 0.3 is 15.6 Å². The molecule has 1 unspecified atom stereocenters. The van der Waals surface area contributed by atoms with Crippen LogP contribution in [0.15, 0.2) is 30.3 Å². The van der Waals surface area contributed by atoms with Gasteiger partial charge in [-0.25, -0.2) is 8.57 Å². The van der Waals surface area contributed by atoms with Crippen LogP contribution in [0.2, 0.25) is 0 Å². The highest BCUT2D eigenvalue weighted by atomic mass is 32.2. The molecule has 9 heteroatoms. The van der Waals surface area contributed by atoms with Gasteiger partial charge in [-0.05, 0) is 0 Å². The van der Waals surface area contributed by atoms with E-state index >= 15 is 0 Å². The molecule has 0 radical (unpaired) electrons. The van der Waals surface area contributed by atoms with Crippen LogP contribution in [-0.4, -0.2) is 32.5 Å². The second kappa shape index (κ2) is 5.66. The van der Waals surface area contributed by atoms with Gasteiger partial charge < -0.3 is 0 Å². The maximum absolute atomic E-state index is 12.5. The van der Waals surface area contributed by atoms with Crippen molar-refractivity contribution in [2.75, 3.05) is 6.67 Å². The van der Waals surface area contributed by atoms with E-state index in [1.165, 1.54) is 30.3 Å². The van der Waals surface area contributed by atoms with Gasteiger partial charge in [-0.2, -0.15) is 21.6 Å². The van der Waals surface area contributed by atoms with Crippen LogP contribution in [-0.2, 0) is 14.3 Å². The number of hydrogen-bond acceptors (Lipinski definition) is 4. The molecule has 0 fully saturated rings. The van der Waals surface area contributed by atoms with E-state index in [9.17, 15) is 30.8 Å². The van der Waals surface area contributed by atoms with Crippen LogP contribution in [0.25, 0.3) is 0 Å². The van der Waals surface area contributed by atoms with Crippen molar-refractivity contribution in [3.63, 3.8) is 0 Å². The highest BCUT2D eigenvalue weighted by molar-refractivity contribution is 7.87. The summed E-state index contributed by atoms with van der Waals surface area (Å²) in [6, 6.07) is 6.71. The van der Waals surface area contributed by atoms with E-state index in [2.05, 4.69) is 4.18 Å². The fourth-order valence-electron chi connectivity index (χ4n) is 1.14. The van der Waals surface area contributed by atoms with Gasteiger partial charge in [-0.15, -0.1) is 0 Å². The zero-order chi connectivity index (χ0) is 14.7. The Labute approximate surface area is 106 Å². The minimum Gasteiger partial charge on any atom is -0.291 e. The predicted molar refractivity (Wildman–Crippen MR) is 56.6 cm³/mol. The Bertz CT molecular complexity index is 538. The zero-order valence-corrected chi connectivity index (χ0v) is 10.0.